The Bertz CT molecular complexity index is 245. The number of carbonyl (C=O) groups excluding carboxylic acids is 1. The van der Waals surface area contributed by atoms with Crippen molar-refractivity contribution < 1.29 is 19.0 Å². The Kier molecular flexibility index (Phi) is 2.73. The molecule has 0 radical (unpaired) electrons. The summed E-state index contributed by atoms with van der Waals surface area (Å²) in [6.07, 6.45) is 1.59. The van der Waals surface area contributed by atoms with E-state index in [-0.39, 0.29) is 24.1 Å². The van der Waals surface area contributed by atoms with Crippen LogP contribution in [0, 0.1) is 5.92 Å². The summed E-state index contributed by atoms with van der Waals surface area (Å²) in [5, 5.41) is 0. The van der Waals surface area contributed by atoms with Gasteiger partial charge >= 0.3 is 5.97 Å². The lowest BCUT2D eigenvalue weighted by Gasteiger charge is -2.19. The monoisotopic (exact) mass is 214 g/mol. The highest BCUT2D eigenvalue weighted by atomic mass is 16.8. The second-order valence-electron chi connectivity index (χ2n) is 4.63. The fraction of sp³-hybridized carbons (Fsp3) is 0.909. The van der Waals surface area contributed by atoms with E-state index in [4.69, 9.17) is 14.2 Å². The van der Waals surface area contributed by atoms with E-state index >= 15 is 0 Å². The molecule has 0 bridgehead atoms. The van der Waals surface area contributed by atoms with Crippen LogP contribution in [0.4, 0.5) is 0 Å². The highest BCUT2D eigenvalue weighted by Crippen LogP contribution is 2.41. The van der Waals surface area contributed by atoms with E-state index in [1.807, 2.05) is 20.8 Å². The van der Waals surface area contributed by atoms with Crippen LogP contribution in [0.2, 0.25) is 0 Å². The molecule has 0 N–H and O–H groups in total. The smallest absolute Gasteiger partial charge is 0.309 e. The molecule has 2 aliphatic rings. The van der Waals surface area contributed by atoms with Gasteiger partial charge in [-0.3, -0.25) is 4.79 Å². The third kappa shape index (κ3) is 2.16. The number of fused-ring (bicyclic) bond motifs is 1. The van der Waals surface area contributed by atoms with E-state index in [0.717, 1.165) is 12.8 Å². The molecule has 1 heterocycles. The first kappa shape index (κ1) is 10.9. The van der Waals surface area contributed by atoms with Gasteiger partial charge in [0.2, 0.25) is 0 Å². The first-order valence-corrected chi connectivity index (χ1v) is 5.54. The number of rotatable bonds is 2. The molecule has 1 unspecified atom stereocenters. The van der Waals surface area contributed by atoms with Gasteiger partial charge in [-0.1, -0.05) is 0 Å². The maximum absolute atomic E-state index is 11.5. The zero-order chi connectivity index (χ0) is 11.1. The maximum atomic E-state index is 11.5. The van der Waals surface area contributed by atoms with Crippen molar-refractivity contribution >= 4 is 5.97 Å². The number of carbonyl (C=O) groups is 1. The van der Waals surface area contributed by atoms with Crippen molar-refractivity contribution in [3.05, 3.63) is 0 Å². The number of hydrogen-bond acceptors (Lipinski definition) is 4. The average Bonchev–Trinajstić information content (AvgIpc) is 2.57. The van der Waals surface area contributed by atoms with Crippen molar-refractivity contribution in [2.45, 2.75) is 51.6 Å². The van der Waals surface area contributed by atoms with E-state index in [9.17, 15) is 4.79 Å². The van der Waals surface area contributed by atoms with Gasteiger partial charge in [0.1, 0.15) is 0 Å². The Morgan fingerprint density at radius 1 is 1.33 bits per heavy atom. The Labute approximate surface area is 89.9 Å². The summed E-state index contributed by atoms with van der Waals surface area (Å²) in [5.41, 5.74) is 0. The molecule has 0 amide bonds. The lowest BCUT2D eigenvalue weighted by molar-refractivity contribution is -0.163. The van der Waals surface area contributed by atoms with Crippen LogP contribution in [0.5, 0.6) is 0 Å². The van der Waals surface area contributed by atoms with Gasteiger partial charge in [0.15, 0.2) is 5.79 Å². The van der Waals surface area contributed by atoms with Crippen LogP contribution in [-0.2, 0) is 19.0 Å². The van der Waals surface area contributed by atoms with Gasteiger partial charge in [-0.2, -0.15) is 0 Å². The molecular formula is C11H18O4. The quantitative estimate of drug-likeness (QED) is 0.653. The van der Waals surface area contributed by atoms with Crippen molar-refractivity contribution in [1.82, 2.24) is 0 Å². The highest BCUT2D eigenvalue weighted by Gasteiger charge is 2.49. The third-order valence-corrected chi connectivity index (χ3v) is 2.94. The summed E-state index contributed by atoms with van der Waals surface area (Å²) in [5.74, 6) is -0.650. The summed E-state index contributed by atoms with van der Waals surface area (Å²) < 4.78 is 16.4. The Morgan fingerprint density at radius 2 is 1.87 bits per heavy atom. The minimum Gasteiger partial charge on any atom is -0.466 e. The number of ether oxygens (including phenoxy) is 3. The van der Waals surface area contributed by atoms with Crippen LogP contribution < -0.4 is 0 Å². The zero-order valence-electron chi connectivity index (χ0n) is 9.49. The van der Waals surface area contributed by atoms with Crippen LogP contribution in [0.15, 0.2) is 0 Å². The van der Waals surface area contributed by atoms with Crippen LogP contribution >= 0.6 is 0 Å². The van der Waals surface area contributed by atoms with Gasteiger partial charge in [0.05, 0.1) is 24.7 Å². The second kappa shape index (κ2) is 3.76. The fourth-order valence-electron chi connectivity index (χ4n) is 2.42. The topological polar surface area (TPSA) is 44.8 Å². The van der Waals surface area contributed by atoms with Crippen LogP contribution in [0.25, 0.3) is 0 Å². The molecule has 2 rings (SSSR count). The largest absolute Gasteiger partial charge is 0.466 e. The fourth-order valence-corrected chi connectivity index (χ4v) is 2.42. The summed E-state index contributed by atoms with van der Waals surface area (Å²) in [6.45, 7) is 6.08. The molecule has 86 valence electrons. The molecule has 1 saturated carbocycles. The van der Waals surface area contributed by atoms with E-state index in [1.54, 1.807) is 0 Å². The van der Waals surface area contributed by atoms with Gasteiger partial charge < -0.3 is 14.2 Å². The molecule has 0 aromatic heterocycles. The number of hydrogen-bond donors (Lipinski definition) is 0. The van der Waals surface area contributed by atoms with Gasteiger partial charge in [-0.15, -0.1) is 0 Å². The molecule has 15 heavy (non-hydrogen) atoms. The van der Waals surface area contributed by atoms with Crippen LogP contribution in [0.1, 0.15) is 33.6 Å². The summed E-state index contributed by atoms with van der Waals surface area (Å²) >= 11 is 0. The molecule has 3 atom stereocenters. The SMILES string of the molecule is CCOC(=O)C1C[C@@H]2OC(C)(C)O[C@@H]2C1. The maximum Gasteiger partial charge on any atom is 0.309 e. The van der Waals surface area contributed by atoms with E-state index in [0.29, 0.717) is 6.61 Å². The number of esters is 1. The Hall–Kier alpha value is -0.610. The molecule has 0 spiro atoms. The molecule has 1 saturated heterocycles. The highest BCUT2D eigenvalue weighted by molar-refractivity contribution is 5.73. The molecule has 4 heteroatoms. The average molecular weight is 214 g/mol. The Morgan fingerprint density at radius 3 is 2.33 bits per heavy atom. The first-order valence-electron chi connectivity index (χ1n) is 5.54. The molecule has 1 aliphatic carbocycles. The van der Waals surface area contributed by atoms with Crippen molar-refractivity contribution in [2.24, 2.45) is 5.92 Å². The Balaban J connectivity index is 1.91. The first-order chi connectivity index (χ1) is 7.02. The van der Waals surface area contributed by atoms with Gasteiger partial charge in [-0.25, -0.2) is 0 Å². The lowest BCUT2D eigenvalue weighted by Crippen LogP contribution is -2.25. The molecular weight excluding hydrogens is 196 g/mol. The van der Waals surface area contributed by atoms with Crippen LogP contribution in [0.3, 0.4) is 0 Å². The van der Waals surface area contributed by atoms with Crippen molar-refractivity contribution in [2.75, 3.05) is 6.61 Å². The molecule has 1 aliphatic heterocycles. The minimum atomic E-state index is -0.491. The van der Waals surface area contributed by atoms with Gasteiger partial charge in [0.25, 0.3) is 0 Å². The summed E-state index contributed by atoms with van der Waals surface area (Å²) in [4.78, 5) is 11.5. The van der Waals surface area contributed by atoms with Gasteiger partial charge in [0, 0.05) is 0 Å². The molecule has 0 aromatic rings. The van der Waals surface area contributed by atoms with Crippen molar-refractivity contribution in [3.8, 4) is 0 Å². The van der Waals surface area contributed by atoms with E-state index < -0.39 is 5.79 Å². The zero-order valence-corrected chi connectivity index (χ0v) is 9.49. The van der Waals surface area contributed by atoms with Crippen LogP contribution in [-0.4, -0.2) is 30.6 Å². The second-order valence-corrected chi connectivity index (χ2v) is 4.63. The molecule has 0 aromatic carbocycles. The normalized spacial score (nSPS) is 37.7. The predicted octanol–water partition coefficient (Wildman–Crippen LogP) is 1.48. The van der Waals surface area contributed by atoms with Crippen molar-refractivity contribution in [1.29, 1.82) is 0 Å². The standard InChI is InChI=1S/C11H18O4/c1-4-13-10(12)7-5-8-9(6-7)15-11(2,3)14-8/h7-9H,4-6H2,1-3H3/t7?,8-,9+. The van der Waals surface area contributed by atoms with E-state index in [1.165, 1.54) is 0 Å². The summed E-state index contributed by atoms with van der Waals surface area (Å²) in [7, 11) is 0. The minimum absolute atomic E-state index is 0.0453. The van der Waals surface area contributed by atoms with Gasteiger partial charge in [-0.05, 0) is 33.6 Å². The molecule has 4 nitrogen and oxygen atoms in total. The third-order valence-electron chi connectivity index (χ3n) is 2.94. The predicted molar refractivity (Wildman–Crippen MR) is 53.2 cm³/mol. The summed E-state index contributed by atoms with van der Waals surface area (Å²) in [6, 6.07) is 0. The molecule has 2 fully saturated rings. The van der Waals surface area contributed by atoms with E-state index in [2.05, 4.69) is 0 Å². The van der Waals surface area contributed by atoms with Crippen molar-refractivity contribution in [3.63, 3.8) is 0 Å². The lowest BCUT2D eigenvalue weighted by atomic mass is 10.1.